The minimum absolute atomic E-state index is 0. The standard InChI is InChI=1S/C18H26N4O2.ClH/c23-17-6-2-11-22(17)16-5-1-4-15(14-16)18(24)20-7-3-10-21-12-8-19-9-13-21;/h1,4-5,14,19H,2-3,6-13H2,(H,20,24);1H. The van der Waals surface area contributed by atoms with Gasteiger partial charge in [-0.05, 0) is 37.6 Å². The van der Waals surface area contributed by atoms with Crippen molar-refractivity contribution in [3.63, 3.8) is 0 Å². The molecule has 0 atom stereocenters. The smallest absolute Gasteiger partial charge is 0.251 e. The molecule has 0 radical (unpaired) electrons. The van der Waals surface area contributed by atoms with E-state index in [1.54, 1.807) is 11.0 Å². The molecule has 2 amide bonds. The van der Waals surface area contributed by atoms with E-state index in [1.807, 2.05) is 18.2 Å². The van der Waals surface area contributed by atoms with Crippen LogP contribution in [0.25, 0.3) is 0 Å². The Labute approximate surface area is 155 Å². The van der Waals surface area contributed by atoms with Crippen LogP contribution < -0.4 is 15.5 Å². The lowest BCUT2D eigenvalue weighted by Gasteiger charge is -2.27. The van der Waals surface area contributed by atoms with Crippen molar-refractivity contribution < 1.29 is 9.59 Å². The van der Waals surface area contributed by atoms with Crippen molar-refractivity contribution in [2.45, 2.75) is 19.3 Å². The van der Waals surface area contributed by atoms with Gasteiger partial charge in [0.25, 0.3) is 5.91 Å². The molecule has 2 fully saturated rings. The Hall–Kier alpha value is -1.63. The van der Waals surface area contributed by atoms with E-state index in [-0.39, 0.29) is 24.2 Å². The van der Waals surface area contributed by atoms with Crippen molar-refractivity contribution in [1.82, 2.24) is 15.5 Å². The average Bonchev–Trinajstić information content (AvgIpc) is 3.05. The van der Waals surface area contributed by atoms with Gasteiger partial charge in [-0.1, -0.05) is 6.07 Å². The van der Waals surface area contributed by atoms with E-state index in [9.17, 15) is 9.59 Å². The van der Waals surface area contributed by atoms with E-state index in [0.717, 1.165) is 57.8 Å². The molecule has 2 heterocycles. The number of rotatable bonds is 6. The van der Waals surface area contributed by atoms with E-state index in [1.165, 1.54) is 0 Å². The van der Waals surface area contributed by atoms with Crippen LogP contribution in [0.2, 0.25) is 0 Å². The number of benzene rings is 1. The zero-order valence-corrected chi connectivity index (χ0v) is 15.3. The molecule has 2 saturated heterocycles. The number of piperazine rings is 1. The SMILES string of the molecule is Cl.O=C(NCCCN1CCNCC1)c1cccc(N2CCCC2=O)c1. The Kier molecular flexibility index (Phi) is 7.68. The quantitative estimate of drug-likeness (QED) is 0.744. The molecule has 138 valence electrons. The van der Waals surface area contributed by atoms with Crippen LogP contribution in [0, 0.1) is 0 Å². The van der Waals surface area contributed by atoms with Gasteiger partial charge in [-0.25, -0.2) is 0 Å². The van der Waals surface area contributed by atoms with E-state index in [0.29, 0.717) is 18.5 Å². The van der Waals surface area contributed by atoms with Crippen molar-refractivity contribution in [3.05, 3.63) is 29.8 Å². The first-order chi connectivity index (χ1) is 11.7. The highest BCUT2D eigenvalue weighted by molar-refractivity contribution is 5.99. The lowest BCUT2D eigenvalue weighted by Crippen LogP contribution is -2.44. The number of amides is 2. The van der Waals surface area contributed by atoms with Crippen molar-refractivity contribution in [2.24, 2.45) is 0 Å². The molecule has 0 aromatic heterocycles. The van der Waals surface area contributed by atoms with Gasteiger partial charge >= 0.3 is 0 Å². The predicted molar refractivity (Wildman–Crippen MR) is 102 cm³/mol. The Morgan fingerprint density at radius 2 is 2.00 bits per heavy atom. The largest absolute Gasteiger partial charge is 0.352 e. The van der Waals surface area contributed by atoms with Gasteiger partial charge in [0, 0.05) is 56.9 Å². The van der Waals surface area contributed by atoms with Crippen molar-refractivity contribution in [2.75, 3.05) is 50.7 Å². The molecule has 2 aliphatic rings. The van der Waals surface area contributed by atoms with Crippen LogP contribution in [0.5, 0.6) is 0 Å². The highest BCUT2D eigenvalue weighted by Crippen LogP contribution is 2.22. The summed E-state index contributed by atoms with van der Waals surface area (Å²) in [5, 5.41) is 6.32. The summed E-state index contributed by atoms with van der Waals surface area (Å²) >= 11 is 0. The maximum absolute atomic E-state index is 12.3. The number of halogens is 1. The van der Waals surface area contributed by atoms with Gasteiger partial charge in [0.2, 0.25) is 5.91 Å². The van der Waals surface area contributed by atoms with Gasteiger partial charge in [0.15, 0.2) is 0 Å². The molecule has 2 aliphatic heterocycles. The number of nitrogens with one attached hydrogen (secondary N) is 2. The molecule has 0 bridgehead atoms. The Bertz CT molecular complexity index is 590. The fourth-order valence-electron chi connectivity index (χ4n) is 3.28. The molecule has 6 nitrogen and oxygen atoms in total. The zero-order valence-electron chi connectivity index (χ0n) is 14.5. The molecule has 3 rings (SSSR count). The molecular formula is C18H27ClN4O2. The second-order valence-electron chi connectivity index (χ2n) is 6.40. The van der Waals surface area contributed by atoms with E-state index in [4.69, 9.17) is 0 Å². The molecule has 2 N–H and O–H groups in total. The molecule has 25 heavy (non-hydrogen) atoms. The summed E-state index contributed by atoms with van der Waals surface area (Å²) in [5.41, 5.74) is 1.44. The van der Waals surface area contributed by atoms with Crippen LogP contribution in [-0.4, -0.2) is 62.5 Å². The molecule has 0 aliphatic carbocycles. The summed E-state index contributed by atoms with van der Waals surface area (Å²) in [5.74, 6) is 0.0763. The Morgan fingerprint density at radius 1 is 1.20 bits per heavy atom. The van der Waals surface area contributed by atoms with Crippen LogP contribution in [0.4, 0.5) is 5.69 Å². The topological polar surface area (TPSA) is 64.7 Å². The number of carbonyl (C=O) groups is 2. The third-order valence-electron chi connectivity index (χ3n) is 4.64. The summed E-state index contributed by atoms with van der Waals surface area (Å²) < 4.78 is 0. The van der Waals surface area contributed by atoms with E-state index >= 15 is 0 Å². The summed E-state index contributed by atoms with van der Waals surface area (Å²) in [4.78, 5) is 28.3. The second kappa shape index (κ2) is 9.75. The van der Waals surface area contributed by atoms with Gasteiger partial charge in [0.1, 0.15) is 0 Å². The van der Waals surface area contributed by atoms with Crippen LogP contribution >= 0.6 is 12.4 Å². The first-order valence-corrected chi connectivity index (χ1v) is 8.86. The fourth-order valence-corrected chi connectivity index (χ4v) is 3.28. The monoisotopic (exact) mass is 366 g/mol. The Morgan fingerprint density at radius 3 is 2.72 bits per heavy atom. The molecule has 0 saturated carbocycles. The van der Waals surface area contributed by atoms with Gasteiger partial charge in [0.05, 0.1) is 0 Å². The lowest BCUT2D eigenvalue weighted by atomic mass is 10.1. The third kappa shape index (κ3) is 5.42. The van der Waals surface area contributed by atoms with Crippen LogP contribution in [0.15, 0.2) is 24.3 Å². The fraction of sp³-hybridized carbons (Fsp3) is 0.556. The van der Waals surface area contributed by atoms with Crippen molar-refractivity contribution >= 4 is 29.9 Å². The Balaban J connectivity index is 0.00000225. The van der Waals surface area contributed by atoms with Crippen LogP contribution in [-0.2, 0) is 4.79 Å². The molecule has 0 spiro atoms. The number of nitrogens with zero attached hydrogens (tertiary/aromatic N) is 2. The molecule has 7 heteroatoms. The van der Waals surface area contributed by atoms with Crippen molar-refractivity contribution in [3.8, 4) is 0 Å². The second-order valence-corrected chi connectivity index (χ2v) is 6.40. The summed E-state index contributed by atoms with van der Waals surface area (Å²) in [7, 11) is 0. The number of hydrogen-bond acceptors (Lipinski definition) is 4. The number of hydrogen-bond donors (Lipinski definition) is 2. The summed E-state index contributed by atoms with van der Waals surface area (Å²) in [6.45, 7) is 6.71. The molecule has 0 unspecified atom stereocenters. The van der Waals surface area contributed by atoms with Gasteiger partial charge in [-0.2, -0.15) is 0 Å². The normalized spacial score (nSPS) is 18.1. The lowest BCUT2D eigenvalue weighted by molar-refractivity contribution is -0.117. The van der Waals surface area contributed by atoms with Gasteiger partial charge < -0.3 is 20.4 Å². The first-order valence-electron chi connectivity index (χ1n) is 8.86. The minimum atomic E-state index is -0.0659. The van der Waals surface area contributed by atoms with Crippen molar-refractivity contribution in [1.29, 1.82) is 0 Å². The molecule has 1 aromatic rings. The first kappa shape index (κ1) is 19.7. The summed E-state index contributed by atoms with van der Waals surface area (Å²) in [6.07, 6.45) is 2.44. The molecule has 1 aromatic carbocycles. The van der Waals surface area contributed by atoms with Gasteiger partial charge in [-0.15, -0.1) is 12.4 Å². The number of anilines is 1. The maximum Gasteiger partial charge on any atom is 0.251 e. The molecular weight excluding hydrogens is 340 g/mol. The van der Waals surface area contributed by atoms with Crippen LogP contribution in [0.1, 0.15) is 29.6 Å². The van der Waals surface area contributed by atoms with Crippen LogP contribution in [0.3, 0.4) is 0 Å². The van der Waals surface area contributed by atoms with Gasteiger partial charge in [-0.3, -0.25) is 9.59 Å². The minimum Gasteiger partial charge on any atom is -0.352 e. The highest BCUT2D eigenvalue weighted by atomic mass is 35.5. The maximum atomic E-state index is 12.3. The van der Waals surface area contributed by atoms with E-state index in [2.05, 4.69) is 15.5 Å². The zero-order chi connectivity index (χ0) is 16.8. The highest BCUT2D eigenvalue weighted by Gasteiger charge is 2.22. The number of carbonyl (C=O) groups excluding carboxylic acids is 2. The third-order valence-corrected chi connectivity index (χ3v) is 4.64. The summed E-state index contributed by atoms with van der Waals surface area (Å²) in [6, 6.07) is 7.35. The average molecular weight is 367 g/mol. The van der Waals surface area contributed by atoms with E-state index < -0.39 is 0 Å². The predicted octanol–water partition coefficient (Wildman–Crippen LogP) is 1.26.